The smallest absolute Gasteiger partial charge is 0.227 e. The fraction of sp³-hybridized carbons (Fsp3) is 0.174. The highest BCUT2D eigenvalue weighted by Crippen LogP contribution is 2.30. The minimum atomic E-state index is 0.106. The molecule has 4 nitrogen and oxygen atoms in total. The van der Waals surface area contributed by atoms with E-state index in [0.717, 1.165) is 29.9 Å². The molecular formula is C23H18ClN3OS. The Kier molecular flexibility index (Phi) is 5.84. The van der Waals surface area contributed by atoms with Crippen LogP contribution in [0, 0.1) is 11.3 Å². The molecule has 1 aromatic heterocycles. The van der Waals surface area contributed by atoms with Crippen LogP contribution in [-0.2, 0) is 11.2 Å². The van der Waals surface area contributed by atoms with E-state index in [4.69, 9.17) is 11.6 Å². The number of nitrogens with zero attached hydrogens (tertiary/aromatic N) is 3. The second kappa shape index (κ2) is 8.69. The van der Waals surface area contributed by atoms with E-state index in [1.54, 1.807) is 6.07 Å². The van der Waals surface area contributed by atoms with Crippen LogP contribution in [0.2, 0.25) is 5.02 Å². The second-order valence-electron chi connectivity index (χ2n) is 6.69. The van der Waals surface area contributed by atoms with Crippen molar-refractivity contribution >= 4 is 35.0 Å². The number of fused-ring (bicyclic) bond motifs is 1. The Hall–Kier alpha value is -2.81. The predicted octanol–water partition coefficient (Wildman–Crippen LogP) is 5.35. The van der Waals surface area contributed by atoms with Gasteiger partial charge in [-0.3, -0.25) is 4.79 Å². The average Bonchev–Trinajstić information content (AvgIpc) is 3.18. The molecule has 4 rings (SSSR count). The summed E-state index contributed by atoms with van der Waals surface area (Å²) in [5, 5.41) is 10.7. The van der Waals surface area contributed by atoms with Crippen molar-refractivity contribution in [3.05, 3.63) is 76.8 Å². The van der Waals surface area contributed by atoms with Crippen LogP contribution < -0.4 is 4.90 Å². The Morgan fingerprint density at radius 3 is 2.72 bits per heavy atom. The molecule has 0 radical (unpaired) electrons. The molecule has 144 valence electrons. The van der Waals surface area contributed by atoms with E-state index in [1.807, 2.05) is 53.4 Å². The highest BCUT2D eigenvalue weighted by molar-refractivity contribution is 7.99. The third-order valence-corrected chi connectivity index (χ3v) is 6.11. The molecule has 1 aliphatic heterocycles. The Labute approximate surface area is 179 Å². The maximum absolute atomic E-state index is 12.7. The molecule has 6 heteroatoms. The van der Waals surface area contributed by atoms with Crippen LogP contribution in [-0.4, -0.2) is 23.2 Å². The maximum Gasteiger partial charge on any atom is 0.227 e. The van der Waals surface area contributed by atoms with Gasteiger partial charge >= 0.3 is 0 Å². The highest BCUT2D eigenvalue weighted by Gasteiger charge is 2.23. The number of amides is 1. The predicted molar refractivity (Wildman–Crippen MR) is 117 cm³/mol. The first kappa shape index (κ1) is 19.5. The van der Waals surface area contributed by atoms with Gasteiger partial charge in [0.2, 0.25) is 5.91 Å². The van der Waals surface area contributed by atoms with Crippen molar-refractivity contribution in [3.63, 3.8) is 0 Å². The van der Waals surface area contributed by atoms with Gasteiger partial charge in [-0.15, -0.1) is 11.8 Å². The zero-order chi connectivity index (χ0) is 20.2. The molecular weight excluding hydrogens is 402 g/mol. The lowest BCUT2D eigenvalue weighted by Gasteiger charge is -2.17. The number of halogens is 1. The topological polar surface area (TPSA) is 57.0 Å². The van der Waals surface area contributed by atoms with E-state index in [1.165, 1.54) is 17.3 Å². The normalized spacial score (nSPS) is 12.5. The molecule has 1 amide bonds. The van der Waals surface area contributed by atoms with Crippen LogP contribution in [0.1, 0.15) is 17.5 Å². The van der Waals surface area contributed by atoms with E-state index in [0.29, 0.717) is 27.8 Å². The van der Waals surface area contributed by atoms with Crippen molar-refractivity contribution in [2.24, 2.45) is 0 Å². The second-order valence-corrected chi connectivity index (χ2v) is 8.21. The number of hydrogen-bond donors (Lipinski definition) is 0. The summed E-state index contributed by atoms with van der Waals surface area (Å²) in [4.78, 5) is 19.2. The summed E-state index contributed by atoms with van der Waals surface area (Å²) in [6.45, 7) is 0.733. The lowest BCUT2D eigenvalue weighted by molar-refractivity contribution is -0.118. The summed E-state index contributed by atoms with van der Waals surface area (Å²) >= 11 is 7.40. The first-order valence-electron chi connectivity index (χ1n) is 9.34. The zero-order valence-corrected chi connectivity index (χ0v) is 17.2. The number of carbonyl (C=O) groups is 1. The van der Waals surface area contributed by atoms with Crippen LogP contribution >= 0.6 is 23.4 Å². The quantitative estimate of drug-likeness (QED) is 0.523. The standard InChI is InChI=1S/C23H18ClN3OS/c24-19-8-5-16(6-9-19)20-10-7-18(15-25)23(26-20)29-14-12-22(28)27-13-11-17-3-1-2-4-21(17)27/h1-10H,11-14H2. The number of thioether (sulfide) groups is 1. The lowest BCUT2D eigenvalue weighted by Crippen LogP contribution is -2.29. The molecule has 0 spiro atoms. The summed E-state index contributed by atoms with van der Waals surface area (Å²) in [6.07, 6.45) is 1.30. The van der Waals surface area contributed by atoms with E-state index >= 15 is 0 Å². The van der Waals surface area contributed by atoms with Gasteiger partial charge in [0, 0.05) is 35.0 Å². The number of para-hydroxylation sites is 1. The lowest BCUT2D eigenvalue weighted by atomic mass is 10.1. The average molecular weight is 420 g/mol. The van der Waals surface area contributed by atoms with Crippen LogP contribution in [0.4, 0.5) is 5.69 Å². The molecule has 0 saturated heterocycles. The zero-order valence-electron chi connectivity index (χ0n) is 15.6. The highest BCUT2D eigenvalue weighted by atomic mass is 35.5. The van der Waals surface area contributed by atoms with Crippen LogP contribution in [0.5, 0.6) is 0 Å². The van der Waals surface area contributed by atoms with E-state index in [9.17, 15) is 10.1 Å². The summed E-state index contributed by atoms with van der Waals surface area (Å²) < 4.78 is 0. The Morgan fingerprint density at radius 1 is 1.14 bits per heavy atom. The first-order valence-corrected chi connectivity index (χ1v) is 10.7. The van der Waals surface area contributed by atoms with E-state index < -0.39 is 0 Å². The Bertz CT molecular complexity index is 1090. The van der Waals surface area contributed by atoms with Crippen molar-refractivity contribution in [2.45, 2.75) is 17.9 Å². The summed E-state index contributed by atoms with van der Waals surface area (Å²) in [5.41, 5.74) is 4.47. The fourth-order valence-electron chi connectivity index (χ4n) is 3.38. The third kappa shape index (κ3) is 4.29. The van der Waals surface area contributed by atoms with Gasteiger partial charge in [-0.2, -0.15) is 5.26 Å². The number of hydrogen-bond acceptors (Lipinski definition) is 4. The number of benzene rings is 2. The largest absolute Gasteiger partial charge is 0.312 e. The molecule has 0 N–H and O–H groups in total. The van der Waals surface area contributed by atoms with Crippen molar-refractivity contribution in [2.75, 3.05) is 17.2 Å². The monoisotopic (exact) mass is 419 g/mol. The molecule has 1 aliphatic rings. The van der Waals surface area contributed by atoms with Crippen LogP contribution in [0.25, 0.3) is 11.3 Å². The van der Waals surface area contributed by atoms with E-state index in [-0.39, 0.29) is 5.91 Å². The SMILES string of the molecule is N#Cc1ccc(-c2ccc(Cl)cc2)nc1SCCC(=O)N1CCc2ccccc21. The Morgan fingerprint density at radius 2 is 1.93 bits per heavy atom. The minimum Gasteiger partial charge on any atom is -0.312 e. The molecule has 0 aliphatic carbocycles. The molecule has 3 aromatic rings. The number of rotatable bonds is 5. The van der Waals surface area contributed by atoms with E-state index in [2.05, 4.69) is 17.1 Å². The number of aromatic nitrogens is 1. The van der Waals surface area contributed by atoms with Crippen LogP contribution in [0.3, 0.4) is 0 Å². The summed E-state index contributed by atoms with van der Waals surface area (Å²) in [6, 6.07) is 21.3. The molecule has 0 atom stereocenters. The molecule has 0 saturated carbocycles. The molecule has 0 unspecified atom stereocenters. The van der Waals surface area contributed by atoms with Gasteiger partial charge in [0.1, 0.15) is 11.1 Å². The van der Waals surface area contributed by atoms with Gasteiger partial charge < -0.3 is 4.90 Å². The maximum atomic E-state index is 12.7. The van der Waals surface area contributed by atoms with Crippen molar-refractivity contribution < 1.29 is 4.79 Å². The van der Waals surface area contributed by atoms with Gasteiger partial charge in [-0.25, -0.2) is 4.98 Å². The molecule has 0 fully saturated rings. The summed E-state index contributed by atoms with van der Waals surface area (Å²) in [5.74, 6) is 0.679. The van der Waals surface area contributed by atoms with Gasteiger partial charge in [-0.05, 0) is 42.3 Å². The Balaban J connectivity index is 1.44. The number of nitriles is 1. The minimum absolute atomic E-state index is 0.106. The fourth-order valence-corrected chi connectivity index (χ4v) is 4.41. The van der Waals surface area contributed by atoms with Gasteiger partial charge in [0.15, 0.2) is 0 Å². The number of carbonyl (C=O) groups excluding carboxylic acids is 1. The number of pyridine rings is 1. The van der Waals surface area contributed by atoms with Crippen LogP contribution in [0.15, 0.2) is 65.7 Å². The third-order valence-electron chi connectivity index (χ3n) is 4.86. The van der Waals surface area contributed by atoms with Gasteiger partial charge in [0.25, 0.3) is 0 Å². The molecule has 0 bridgehead atoms. The van der Waals surface area contributed by atoms with Crippen molar-refractivity contribution in [1.29, 1.82) is 5.26 Å². The summed E-state index contributed by atoms with van der Waals surface area (Å²) in [7, 11) is 0. The number of anilines is 1. The van der Waals surface area contributed by atoms with Crippen molar-refractivity contribution in [3.8, 4) is 17.3 Å². The first-order chi connectivity index (χ1) is 14.2. The molecule has 29 heavy (non-hydrogen) atoms. The van der Waals surface area contributed by atoms with Gasteiger partial charge in [0.05, 0.1) is 11.3 Å². The van der Waals surface area contributed by atoms with Gasteiger partial charge in [-0.1, -0.05) is 41.9 Å². The van der Waals surface area contributed by atoms with Crippen molar-refractivity contribution in [1.82, 2.24) is 4.98 Å². The molecule has 2 heterocycles. The molecule has 2 aromatic carbocycles.